The van der Waals surface area contributed by atoms with Gasteiger partial charge in [-0.15, -0.1) is 0 Å². The first-order valence-corrected chi connectivity index (χ1v) is 9.21. The molecule has 128 valence electrons. The molecule has 1 unspecified atom stereocenters. The van der Waals surface area contributed by atoms with E-state index < -0.39 is 17.1 Å². The van der Waals surface area contributed by atoms with E-state index in [1.54, 1.807) is 42.8 Å². The van der Waals surface area contributed by atoms with Gasteiger partial charge >= 0.3 is 5.97 Å². The molecule has 1 atom stereocenters. The Morgan fingerprint density at radius 2 is 2.00 bits per heavy atom. The van der Waals surface area contributed by atoms with E-state index in [0.717, 1.165) is 22.0 Å². The van der Waals surface area contributed by atoms with Crippen molar-refractivity contribution in [2.75, 3.05) is 6.26 Å². The molecule has 0 fully saturated rings. The number of aryl methyl sites for hydroxylation is 1. The number of carboxylic acid groups (broad SMARTS) is 1. The van der Waals surface area contributed by atoms with E-state index in [2.05, 4.69) is 4.98 Å². The highest BCUT2D eigenvalue weighted by molar-refractivity contribution is 7.90. The maximum atomic E-state index is 11.7. The Hall–Kier alpha value is -2.57. The first kappa shape index (κ1) is 17.3. The molecular weight excluding hydrogens is 338 g/mol. The van der Waals surface area contributed by atoms with Crippen molar-refractivity contribution in [3.05, 3.63) is 59.8 Å². The predicted molar refractivity (Wildman–Crippen MR) is 96.7 cm³/mol. The van der Waals surface area contributed by atoms with Gasteiger partial charge in [-0.05, 0) is 53.5 Å². The number of pyridine rings is 1. The maximum absolute atomic E-state index is 11.7. The Balaban J connectivity index is 1.97. The first-order valence-electron chi connectivity index (χ1n) is 7.65. The smallest absolute Gasteiger partial charge is 0.307 e. The lowest BCUT2D eigenvalue weighted by Gasteiger charge is -2.12. The predicted octanol–water partition coefficient (Wildman–Crippen LogP) is 3.70. The van der Waals surface area contributed by atoms with Gasteiger partial charge in [0.15, 0.2) is 4.90 Å². The summed E-state index contributed by atoms with van der Waals surface area (Å²) in [7, 11) is 0. The van der Waals surface area contributed by atoms with Gasteiger partial charge in [0.05, 0.1) is 11.9 Å². The van der Waals surface area contributed by atoms with Crippen LogP contribution in [0.25, 0.3) is 10.9 Å². The van der Waals surface area contributed by atoms with Crippen molar-refractivity contribution >= 4 is 28.0 Å². The molecule has 1 N–H and O–H groups in total. The number of ether oxygens (including phenoxy) is 1. The van der Waals surface area contributed by atoms with Gasteiger partial charge < -0.3 is 14.4 Å². The molecule has 0 saturated heterocycles. The fraction of sp³-hybridized carbons (Fsp3) is 0.158. The number of carbonyl (C=O) groups is 1. The first-order chi connectivity index (χ1) is 11.9. The van der Waals surface area contributed by atoms with E-state index in [1.807, 2.05) is 19.1 Å². The Morgan fingerprint density at radius 1 is 1.20 bits per heavy atom. The standard InChI is InChI=1S/C19H17NO4S/c1-12-9-13(10-19(21)22)3-6-17(12)24-18-7-8-20-16-5-4-14(25(2)23)11-15(16)18/h3-9,11H,10H2,1-2H3,(H,21,22). The zero-order valence-corrected chi connectivity index (χ0v) is 14.7. The second-order valence-corrected chi connectivity index (χ2v) is 7.09. The number of carboxylic acids is 1. The van der Waals surface area contributed by atoms with Crippen molar-refractivity contribution in [2.24, 2.45) is 0 Å². The molecule has 2 aromatic carbocycles. The second kappa shape index (κ2) is 7.13. The molecular formula is C19H17NO4S. The molecule has 0 aliphatic carbocycles. The van der Waals surface area contributed by atoms with Crippen molar-refractivity contribution in [3.8, 4) is 11.5 Å². The van der Waals surface area contributed by atoms with Gasteiger partial charge in [0, 0.05) is 17.6 Å². The molecule has 5 nitrogen and oxygen atoms in total. The molecule has 1 aromatic heterocycles. The summed E-state index contributed by atoms with van der Waals surface area (Å²) in [6.07, 6.45) is 3.27. The zero-order valence-electron chi connectivity index (χ0n) is 13.9. The van der Waals surface area contributed by atoms with Crippen molar-refractivity contribution in [3.63, 3.8) is 0 Å². The molecule has 0 bridgehead atoms. The monoisotopic (exact) mass is 355 g/mol. The molecule has 0 aliphatic heterocycles. The Bertz CT molecular complexity index is 940. The lowest BCUT2D eigenvalue weighted by molar-refractivity contribution is -0.136. The number of hydrogen-bond acceptors (Lipinski definition) is 4. The van der Waals surface area contributed by atoms with Gasteiger partial charge in [0.25, 0.3) is 0 Å². The number of fused-ring (bicyclic) bond motifs is 1. The quantitative estimate of drug-likeness (QED) is 0.706. The van der Waals surface area contributed by atoms with Crippen LogP contribution in [0.4, 0.5) is 0 Å². The minimum atomic E-state index is -1.09. The van der Waals surface area contributed by atoms with E-state index in [4.69, 9.17) is 9.84 Å². The topological polar surface area (TPSA) is 82.5 Å². The van der Waals surface area contributed by atoms with Crippen LogP contribution in [-0.4, -0.2) is 26.9 Å². The largest absolute Gasteiger partial charge is 0.612 e. The van der Waals surface area contributed by atoms with Gasteiger partial charge in [0.1, 0.15) is 17.8 Å². The Kier molecular flexibility index (Phi) is 4.92. The van der Waals surface area contributed by atoms with E-state index >= 15 is 0 Å². The third kappa shape index (κ3) is 3.92. The Labute approximate surface area is 148 Å². The van der Waals surface area contributed by atoms with Gasteiger partial charge in [-0.2, -0.15) is 0 Å². The molecule has 3 rings (SSSR count). The molecule has 3 aromatic rings. The van der Waals surface area contributed by atoms with E-state index in [9.17, 15) is 9.35 Å². The summed E-state index contributed by atoms with van der Waals surface area (Å²) in [5, 5.41) is 9.67. The summed E-state index contributed by atoms with van der Waals surface area (Å²) in [4.78, 5) is 15.8. The highest BCUT2D eigenvalue weighted by atomic mass is 32.2. The molecule has 6 heteroatoms. The fourth-order valence-corrected chi connectivity index (χ4v) is 3.14. The Morgan fingerprint density at radius 3 is 2.68 bits per heavy atom. The van der Waals surface area contributed by atoms with Crippen LogP contribution in [0.15, 0.2) is 53.6 Å². The zero-order chi connectivity index (χ0) is 18.0. The SMILES string of the molecule is Cc1cc(CC(=O)O)ccc1Oc1ccnc2ccc([S+](C)[O-])cc12. The van der Waals surface area contributed by atoms with E-state index in [0.29, 0.717) is 16.4 Å². The van der Waals surface area contributed by atoms with Crippen molar-refractivity contribution < 1.29 is 19.2 Å². The molecule has 1 heterocycles. The molecule has 0 spiro atoms. The average molecular weight is 355 g/mol. The molecule has 25 heavy (non-hydrogen) atoms. The minimum Gasteiger partial charge on any atom is -0.612 e. The summed E-state index contributed by atoms with van der Waals surface area (Å²) in [6.45, 7) is 1.87. The highest BCUT2D eigenvalue weighted by Crippen LogP contribution is 2.32. The molecule has 0 aliphatic rings. The number of benzene rings is 2. The number of aromatic nitrogens is 1. The average Bonchev–Trinajstić information content (AvgIpc) is 2.56. The number of rotatable bonds is 5. The molecule has 0 radical (unpaired) electrons. The summed E-state index contributed by atoms with van der Waals surface area (Å²) in [5.74, 6) is 0.393. The van der Waals surface area contributed by atoms with Crippen LogP contribution in [0, 0.1) is 6.92 Å². The van der Waals surface area contributed by atoms with Gasteiger partial charge in [0.2, 0.25) is 0 Å². The third-order valence-corrected chi connectivity index (χ3v) is 4.74. The van der Waals surface area contributed by atoms with Gasteiger partial charge in [-0.25, -0.2) is 0 Å². The van der Waals surface area contributed by atoms with Crippen LogP contribution in [0.1, 0.15) is 11.1 Å². The van der Waals surface area contributed by atoms with Crippen LogP contribution in [0.2, 0.25) is 0 Å². The lowest BCUT2D eigenvalue weighted by atomic mass is 10.1. The van der Waals surface area contributed by atoms with Gasteiger partial charge in [-0.3, -0.25) is 9.78 Å². The van der Waals surface area contributed by atoms with E-state index in [1.165, 1.54) is 0 Å². The third-order valence-electron chi connectivity index (χ3n) is 3.82. The van der Waals surface area contributed by atoms with Crippen LogP contribution in [0.3, 0.4) is 0 Å². The van der Waals surface area contributed by atoms with Crippen molar-refractivity contribution in [1.82, 2.24) is 4.98 Å². The number of hydrogen-bond donors (Lipinski definition) is 1. The molecule has 0 amide bonds. The number of aliphatic carboxylic acids is 1. The lowest BCUT2D eigenvalue weighted by Crippen LogP contribution is -2.00. The molecule has 0 saturated carbocycles. The fourth-order valence-electron chi connectivity index (χ4n) is 2.60. The minimum absolute atomic E-state index is 0.0228. The van der Waals surface area contributed by atoms with Crippen LogP contribution < -0.4 is 4.74 Å². The van der Waals surface area contributed by atoms with Gasteiger partial charge in [-0.1, -0.05) is 12.1 Å². The summed E-state index contributed by atoms with van der Waals surface area (Å²) >= 11 is -1.09. The van der Waals surface area contributed by atoms with Crippen molar-refractivity contribution in [2.45, 2.75) is 18.2 Å². The summed E-state index contributed by atoms with van der Waals surface area (Å²) in [6, 6.07) is 12.5. The normalized spacial score (nSPS) is 12.1. The summed E-state index contributed by atoms with van der Waals surface area (Å²) < 4.78 is 17.8. The summed E-state index contributed by atoms with van der Waals surface area (Å²) in [5.41, 5.74) is 2.33. The van der Waals surface area contributed by atoms with Crippen LogP contribution in [-0.2, 0) is 22.4 Å². The number of nitrogens with zero attached hydrogens (tertiary/aromatic N) is 1. The maximum Gasteiger partial charge on any atom is 0.307 e. The van der Waals surface area contributed by atoms with Crippen molar-refractivity contribution in [1.29, 1.82) is 0 Å². The van der Waals surface area contributed by atoms with E-state index in [-0.39, 0.29) is 6.42 Å². The van der Waals surface area contributed by atoms with Crippen LogP contribution >= 0.6 is 0 Å². The van der Waals surface area contributed by atoms with Crippen LogP contribution in [0.5, 0.6) is 11.5 Å². The highest BCUT2D eigenvalue weighted by Gasteiger charge is 2.12. The second-order valence-electron chi connectivity index (χ2n) is 5.71.